The molecule has 0 spiro atoms. The Bertz CT molecular complexity index is 1300. The lowest BCUT2D eigenvalue weighted by atomic mass is 10.0. The third kappa shape index (κ3) is 7.08. The number of likely N-dealkylation sites (N-methyl/N-ethyl adjacent to an activating group) is 1. The van der Waals surface area contributed by atoms with Crippen LogP contribution in [0.3, 0.4) is 0 Å². The van der Waals surface area contributed by atoms with Gasteiger partial charge in [-0.2, -0.15) is 0 Å². The molecule has 0 aromatic heterocycles. The van der Waals surface area contributed by atoms with Crippen LogP contribution in [-0.2, 0) is 32.6 Å². The minimum atomic E-state index is -3.83. The maximum Gasteiger partial charge on any atom is 0.244 e. The molecular weight excluding hydrogens is 498 g/mol. The fourth-order valence-corrected chi connectivity index (χ4v) is 4.87. The molecule has 36 heavy (non-hydrogen) atoms. The molecule has 3 aromatic carbocycles. The summed E-state index contributed by atoms with van der Waals surface area (Å²) in [5.74, 6) is -0.849. The third-order valence-electron chi connectivity index (χ3n) is 5.84. The van der Waals surface area contributed by atoms with Gasteiger partial charge in [-0.25, -0.2) is 8.42 Å². The average molecular weight is 528 g/mol. The van der Waals surface area contributed by atoms with Gasteiger partial charge in [0.1, 0.15) is 12.6 Å². The van der Waals surface area contributed by atoms with E-state index in [1.54, 1.807) is 19.1 Å². The fourth-order valence-electron chi connectivity index (χ4n) is 3.85. The number of benzene rings is 3. The summed E-state index contributed by atoms with van der Waals surface area (Å²) >= 11 is 6.25. The van der Waals surface area contributed by atoms with Crippen LogP contribution < -0.4 is 9.62 Å². The van der Waals surface area contributed by atoms with Gasteiger partial charge in [-0.1, -0.05) is 78.3 Å². The first-order valence-electron chi connectivity index (χ1n) is 11.4. The summed E-state index contributed by atoms with van der Waals surface area (Å²) in [7, 11) is -2.32. The number of nitrogens with one attached hydrogen (secondary N) is 1. The van der Waals surface area contributed by atoms with Crippen LogP contribution in [0.5, 0.6) is 0 Å². The summed E-state index contributed by atoms with van der Waals surface area (Å²) < 4.78 is 26.5. The molecule has 3 aromatic rings. The van der Waals surface area contributed by atoms with Crippen molar-refractivity contribution in [1.82, 2.24) is 10.2 Å². The van der Waals surface area contributed by atoms with Crippen molar-refractivity contribution in [1.29, 1.82) is 0 Å². The quantitative estimate of drug-likeness (QED) is 0.434. The van der Waals surface area contributed by atoms with E-state index in [0.29, 0.717) is 5.02 Å². The molecule has 0 heterocycles. The highest BCUT2D eigenvalue weighted by Crippen LogP contribution is 2.25. The van der Waals surface area contributed by atoms with E-state index in [4.69, 9.17) is 11.6 Å². The van der Waals surface area contributed by atoms with Crippen molar-refractivity contribution in [2.24, 2.45) is 0 Å². The maximum absolute atomic E-state index is 13.8. The van der Waals surface area contributed by atoms with Gasteiger partial charge in [-0.05, 0) is 35.7 Å². The van der Waals surface area contributed by atoms with E-state index < -0.39 is 28.5 Å². The van der Waals surface area contributed by atoms with Crippen molar-refractivity contribution < 1.29 is 18.0 Å². The summed E-state index contributed by atoms with van der Waals surface area (Å²) in [4.78, 5) is 28.3. The lowest BCUT2D eigenvalue weighted by Crippen LogP contribution is -2.52. The number of amides is 2. The molecule has 9 heteroatoms. The van der Waals surface area contributed by atoms with Gasteiger partial charge in [0.2, 0.25) is 21.8 Å². The van der Waals surface area contributed by atoms with E-state index in [1.807, 2.05) is 60.7 Å². The molecule has 0 fully saturated rings. The van der Waals surface area contributed by atoms with Crippen LogP contribution in [0.1, 0.15) is 16.7 Å². The largest absolute Gasteiger partial charge is 0.357 e. The predicted octanol–water partition coefficient (Wildman–Crippen LogP) is 3.80. The predicted molar refractivity (Wildman–Crippen MR) is 143 cm³/mol. The number of halogens is 1. The van der Waals surface area contributed by atoms with Gasteiger partial charge >= 0.3 is 0 Å². The topological polar surface area (TPSA) is 86.8 Å². The highest BCUT2D eigenvalue weighted by atomic mass is 35.5. The second-order valence-electron chi connectivity index (χ2n) is 8.53. The number of sulfonamides is 1. The number of hydrogen-bond acceptors (Lipinski definition) is 4. The fraction of sp³-hybridized carbons (Fsp3) is 0.259. The van der Waals surface area contributed by atoms with Crippen LogP contribution in [0.4, 0.5) is 5.69 Å². The molecule has 0 radical (unpaired) electrons. The molecule has 3 rings (SSSR count). The molecule has 7 nitrogen and oxygen atoms in total. The van der Waals surface area contributed by atoms with Crippen molar-refractivity contribution in [3.05, 3.63) is 101 Å². The molecule has 190 valence electrons. The number of carbonyl (C=O) groups is 2. The van der Waals surface area contributed by atoms with Gasteiger partial charge in [-0.3, -0.25) is 13.9 Å². The van der Waals surface area contributed by atoms with Crippen LogP contribution >= 0.6 is 11.6 Å². The number of anilines is 1. The number of carbonyl (C=O) groups excluding carboxylic acids is 2. The van der Waals surface area contributed by atoms with E-state index in [-0.39, 0.29) is 24.6 Å². The van der Waals surface area contributed by atoms with E-state index in [0.717, 1.165) is 27.3 Å². The van der Waals surface area contributed by atoms with Crippen LogP contribution in [-0.4, -0.2) is 51.0 Å². The van der Waals surface area contributed by atoms with Crippen molar-refractivity contribution in [3.8, 4) is 0 Å². The molecule has 1 N–H and O–H groups in total. The summed E-state index contributed by atoms with van der Waals surface area (Å²) in [6.45, 7) is 1.46. The molecule has 0 saturated heterocycles. The normalized spacial score (nSPS) is 12.0. The Kier molecular flexibility index (Phi) is 9.12. The molecule has 0 saturated carbocycles. The van der Waals surface area contributed by atoms with Crippen molar-refractivity contribution in [2.45, 2.75) is 25.9 Å². The molecule has 1 unspecified atom stereocenters. The monoisotopic (exact) mass is 527 g/mol. The lowest BCUT2D eigenvalue weighted by Gasteiger charge is -2.33. The van der Waals surface area contributed by atoms with Crippen molar-refractivity contribution in [2.75, 3.05) is 24.2 Å². The van der Waals surface area contributed by atoms with E-state index >= 15 is 0 Å². The maximum atomic E-state index is 13.8. The summed E-state index contributed by atoms with van der Waals surface area (Å²) in [5.41, 5.74) is 2.76. The minimum absolute atomic E-state index is 0.136. The Hall–Kier alpha value is -3.36. The van der Waals surface area contributed by atoms with Gasteiger partial charge < -0.3 is 10.2 Å². The van der Waals surface area contributed by atoms with Gasteiger partial charge in [0.05, 0.1) is 11.9 Å². The Balaban J connectivity index is 2.01. The average Bonchev–Trinajstić information content (AvgIpc) is 2.86. The SMILES string of the molecule is CNC(=O)C(Cc1ccccc1)N(Cc1ccccc1)C(=O)CN(c1ccc(C)c(Cl)c1)S(C)(=O)=O. The second-order valence-corrected chi connectivity index (χ2v) is 10.8. The van der Waals surface area contributed by atoms with Gasteiger partial charge in [0.15, 0.2) is 0 Å². The first-order valence-corrected chi connectivity index (χ1v) is 13.7. The molecular formula is C27H30ClN3O4S. The molecule has 0 aliphatic heterocycles. The van der Waals surface area contributed by atoms with Crippen LogP contribution in [0, 0.1) is 6.92 Å². The highest BCUT2D eigenvalue weighted by molar-refractivity contribution is 7.92. The summed E-state index contributed by atoms with van der Waals surface area (Å²) in [5, 5.41) is 3.04. The van der Waals surface area contributed by atoms with E-state index in [9.17, 15) is 18.0 Å². The zero-order chi connectivity index (χ0) is 26.3. The Morgan fingerprint density at radius 2 is 1.53 bits per heavy atom. The Labute approximate surface area is 217 Å². The summed E-state index contributed by atoms with van der Waals surface area (Å²) in [6, 6.07) is 22.6. The van der Waals surface area contributed by atoms with Crippen LogP contribution in [0.15, 0.2) is 78.9 Å². The van der Waals surface area contributed by atoms with Gasteiger partial charge in [-0.15, -0.1) is 0 Å². The summed E-state index contributed by atoms with van der Waals surface area (Å²) in [6.07, 6.45) is 1.31. The second kappa shape index (κ2) is 12.1. The molecule has 2 amide bonds. The minimum Gasteiger partial charge on any atom is -0.357 e. The zero-order valence-electron chi connectivity index (χ0n) is 20.5. The van der Waals surface area contributed by atoms with Crippen LogP contribution in [0.2, 0.25) is 5.02 Å². The molecule has 0 aliphatic rings. The zero-order valence-corrected chi connectivity index (χ0v) is 22.1. The smallest absolute Gasteiger partial charge is 0.244 e. The standard InChI is InChI=1S/C27H30ClN3O4S/c1-20-14-15-23(17-24(20)28)31(36(3,34)35)19-26(32)30(18-22-12-8-5-9-13-22)25(27(33)29-2)16-21-10-6-4-7-11-21/h4-15,17,25H,16,18-19H2,1-3H3,(H,29,33). The first-order chi connectivity index (χ1) is 17.1. The Morgan fingerprint density at radius 3 is 2.06 bits per heavy atom. The number of hydrogen-bond donors (Lipinski definition) is 1. The molecule has 1 atom stereocenters. The Morgan fingerprint density at radius 1 is 0.944 bits per heavy atom. The highest BCUT2D eigenvalue weighted by Gasteiger charge is 2.32. The lowest BCUT2D eigenvalue weighted by molar-refractivity contribution is -0.139. The van der Waals surface area contributed by atoms with Gasteiger partial charge in [0.25, 0.3) is 0 Å². The van der Waals surface area contributed by atoms with E-state index in [1.165, 1.54) is 18.0 Å². The van der Waals surface area contributed by atoms with Crippen LogP contribution in [0.25, 0.3) is 0 Å². The third-order valence-corrected chi connectivity index (χ3v) is 7.38. The van der Waals surface area contributed by atoms with Gasteiger partial charge in [0, 0.05) is 25.0 Å². The molecule has 0 aliphatic carbocycles. The number of rotatable bonds is 10. The number of nitrogens with zero attached hydrogens (tertiary/aromatic N) is 2. The molecule has 0 bridgehead atoms. The van der Waals surface area contributed by atoms with Crippen molar-refractivity contribution >= 4 is 39.1 Å². The first kappa shape index (κ1) is 27.2. The number of aryl methyl sites for hydroxylation is 1. The van der Waals surface area contributed by atoms with E-state index in [2.05, 4.69) is 5.32 Å². The van der Waals surface area contributed by atoms with Crippen molar-refractivity contribution in [3.63, 3.8) is 0 Å².